The summed E-state index contributed by atoms with van der Waals surface area (Å²) in [5.74, 6) is -2.07. The van der Waals surface area contributed by atoms with Crippen molar-refractivity contribution >= 4 is 57.9 Å². The van der Waals surface area contributed by atoms with Crippen LogP contribution in [0.15, 0.2) is 21.5 Å². The summed E-state index contributed by atoms with van der Waals surface area (Å²) >= 11 is 2.34. The second-order valence-electron chi connectivity index (χ2n) is 7.98. The van der Waals surface area contributed by atoms with Gasteiger partial charge in [0.25, 0.3) is 5.91 Å². The van der Waals surface area contributed by atoms with Gasteiger partial charge in [0.15, 0.2) is 16.9 Å². The predicted molar refractivity (Wildman–Crippen MR) is 132 cm³/mol. The van der Waals surface area contributed by atoms with E-state index in [1.807, 2.05) is 0 Å². The fourth-order valence-corrected chi connectivity index (χ4v) is 5.25. The van der Waals surface area contributed by atoms with Crippen LogP contribution in [0.4, 0.5) is 9.93 Å². The summed E-state index contributed by atoms with van der Waals surface area (Å²) in [5, 5.41) is 9.13. The number of rotatable bonds is 10. The van der Waals surface area contributed by atoms with Gasteiger partial charge in [0.05, 0.1) is 12.7 Å². The first kappa shape index (κ1) is 28.2. The molecule has 0 radical (unpaired) electrons. The number of thioether (sulfide) groups is 1. The number of amides is 2. The number of hydrogen-bond acceptors (Lipinski definition) is 14. The van der Waals surface area contributed by atoms with Crippen molar-refractivity contribution in [3.05, 3.63) is 22.1 Å². The van der Waals surface area contributed by atoms with Gasteiger partial charge in [-0.15, -0.1) is 23.1 Å². The molecule has 37 heavy (non-hydrogen) atoms. The van der Waals surface area contributed by atoms with Gasteiger partial charge in [-0.25, -0.2) is 14.6 Å². The molecule has 3 heterocycles. The number of hydrogen-bond donors (Lipinski definition) is 2. The van der Waals surface area contributed by atoms with E-state index in [1.165, 1.54) is 43.2 Å². The summed E-state index contributed by atoms with van der Waals surface area (Å²) in [4.78, 5) is 60.8. The zero-order chi connectivity index (χ0) is 27.3. The number of nitrogens with two attached hydrogens (primary N) is 1. The van der Waals surface area contributed by atoms with Crippen molar-refractivity contribution in [3.63, 3.8) is 0 Å². The number of anilines is 1. The molecule has 2 aliphatic rings. The Balaban J connectivity index is 1.73. The van der Waals surface area contributed by atoms with Gasteiger partial charge in [0.1, 0.15) is 24.2 Å². The zero-order valence-corrected chi connectivity index (χ0v) is 22.3. The van der Waals surface area contributed by atoms with Gasteiger partial charge in [-0.3, -0.25) is 9.59 Å². The van der Waals surface area contributed by atoms with Crippen molar-refractivity contribution in [2.24, 2.45) is 5.16 Å². The molecule has 1 aromatic rings. The van der Waals surface area contributed by atoms with Gasteiger partial charge in [0.2, 0.25) is 12.2 Å². The van der Waals surface area contributed by atoms with Crippen LogP contribution in [0.2, 0.25) is 0 Å². The first-order valence-corrected chi connectivity index (χ1v) is 12.8. The number of carbonyl (C=O) groups excluding carboxylic acids is 4. The van der Waals surface area contributed by atoms with Crippen LogP contribution in [-0.4, -0.2) is 90.2 Å². The van der Waals surface area contributed by atoms with Crippen molar-refractivity contribution in [3.8, 4) is 0 Å². The molecule has 1 fully saturated rings. The van der Waals surface area contributed by atoms with Gasteiger partial charge in [-0.2, -0.15) is 0 Å². The lowest BCUT2D eigenvalue weighted by molar-refractivity contribution is -0.179. The summed E-state index contributed by atoms with van der Waals surface area (Å²) in [6.45, 7) is 4.67. The minimum Gasteiger partial charge on any atom is -0.431 e. The number of esters is 1. The zero-order valence-electron chi connectivity index (χ0n) is 20.7. The number of nitrogens with zero attached hydrogens (tertiary/aromatic N) is 3. The van der Waals surface area contributed by atoms with Crippen LogP contribution in [0.3, 0.4) is 0 Å². The lowest BCUT2D eigenvalue weighted by atomic mass is 9.98. The topological polar surface area (TPSA) is 181 Å². The summed E-state index contributed by atoms with van der Waals surface area (Å²) in [5.41, 5.74) is 6.14. The first-order chi connectivity index (χ1) is 17.6. The molecule has 14 nitrogen and oxygen atoms in total. The summed E-state index contributed by atoms with van der Waals surface area (Å²) in [7, 11) is 2.71. The number of ether oxygens (including phenoxy) is 4. The van der Waals surface area contributed by atoms with Crippen LogP contribution >= 0.6 is 23.1 Å². The van der Waals surface area contributed by atoms with E-state index in [9.17, 15) is 19.2 Å². The Morgan fingerprint density at radius 3 is 2.54 bits per heavy atom. The number of oxime groups is 1. The van der Waals surface area contributed by atoms with Crippen LogP contribution in [-0.2, 0) is 38.2 Å². The maximum absolute atomic E-state index is 13.1. The molecule has 3 N–H and O–H groups in total. The Morgan fingerprint density at radius 1 is 1.22 bits per heavy atom. The molecule has 2 aliphatic heterocycles. The van der Waals surface area contributed by atoms with Crippen molar-refractivity contribution in [1.82, 2.24) is 15.2 Å². The van der Waals surface area contributed by atoms with Crippen LogP contribution in [0, 0.1) is 0 Å². The fourth-order valence-electron chi connectivity index (χ4n) is 3.49. The van der Waals surface area contributed by atoms with E-state index in [0.29, 0.717) is 5.57 Å². The van der Waals surface area contributed by atoms with Gasteiger partial charge < -0.3 is 39.7 Å². The maximum atomic E-state index is 13.1. The van der Waals surface area contributed by atoms with Crippen molar-refractivity contribution < 1.29 is 43.0 Å². The average Bonchev–Trinajstić information content (AvgIpc) is 3.25. The molecule has 2 amide bonds. The number of aromatic nitrogens is 1. The van der Waals surface area contributed by atoms with E-state index in [4.69, 9.17) is 29.5 Å². The summed E-state index contributed by atoms with van der Waals surface area (Å²) in [6, 6.07) is -2.12. The number of carbonyl (C=O) groups is 4. The van der Waals surface area contributed by atoms with Crippen LogP contribution in [0.25, 0.3) is 0 Å². The van der Waals surface area contributed by atoms with Crippen LogP contribution in [0.1, 0.15) is 26.5 Å². The third-order valence-corrected chi connectivity index (χ3v) is 6.82. The quantitative estimate of drug-likeness (QED) is 0.136. The Hall–Kier alpha value is -3.37. The molecule has 3 rings (SSSR count). The Morgan fingerprint density at radius 2 is 1.95 bits per heavy atom. The number of β-lactam (4-membered cyclic amide) rings is 1. The lowest BCUT2D eigenvalue weighted by Gasteiger charge is -2.51. The smallest absolute Gasteiger partial charge is 0.431 e. The molecule has 4 atom stereocenters. The van der Waals surface area contributed by atoms with E-state index in [-0.39, 0.29) is 23.1 Å². The molecule has 0 aromatic carbocycles. The van der Waals surface area contributed by atoms with Crippen molar-refractivity contribution in [2.45, 2.75) is 50.6 Å². The molecular weight excluding hydrogens is 530 g/mol. The molecule has 0 bridgehead atoms. The number of thiazole rings is 1. The SMILES string of the molecule is COCC1=CSC2C(NC(=O)C(=NOC)c3csc(N)n3)C(=O)N2C1C(=O)OC(C)OC(=O)OC(C)C. The van der Waals surface area contributed by atoms with E-state index in [1.54, 1.807) is 19.3 Å². The van der Waals surface area contributed by atoms with Crippen molar-refractivity contribution in [2.75, 3.05) is 26.6 Å². The molecule has 1 aromatic heterocycles. The number of nitrogens with one attached hydrogen (secondary N) is 1. The molecule has 1 saturated heterocycles. The number of methoxy groups -OCH3 is 1. The molecule has 16 heteroatoms. The monoisotopic (exact) mass is 557 g/mol. The minimum absolute atomic E-state index is 0.0425. The average molecular weight is 558 g/mol. The van der Waals surface area contributed by atoms with E-state index in [0.717, 1.165) is 11.3 Å². The number of nitrogen functional groups attached to an aromatic ring is 1. The second kappa shape index (κ2) is 12.2. The van der Waals surface area contributed by atoms with Gasteiger partial charge in [-0.1, -0.05) is 5.16 Å². The number of fused-ring (bicyclic) bond motifs is 1. The largest absolute Gasteiger partial charge is 0.511 e. The second-order valence-corrected chi connectivity index (χ2v) is 9.86. The molecule has 0 spiro atoms. The fraction of sp³-hybridized carbons (Fsp3) is 0.524. The Bertz CT molecular complexity index is 1110. The van der Waals surface area contributed by atoms with Crippen LogP contribution < -0.4 is 11.1 Å². The highest BCUT2D eigenvalue weighted by Gasteiger charge is 2.56. The normalized spacial score (nSPS) is 21.8. The van der Waals surface area contributed by atoms with Gasteiger partial charge in [0, 0.05) is 19.4 Å². The molecular formula is C21H27N5O9S2. The third-order valence-electron chi connectivity index (χ3n) is 4.93. The Labute approximate surface area is 220 Å². The minimum atomic E-state index is -1.28. The maximum Gasteiger partial charge on any atom is 0.511 e. The highest BCUT2D eigenvalue weighted by atomic mass is 32.2. The lowest BCUT2D eigenvalue weighted by Crippen LogP contribution is -2.74. The Kier molecular flexibility index (Phi) is 9.34. The van der Waals surface area contributed by atoms with Gasteiger partial charge in [-0.05, 0) is 24.8 Å². The first-order valence-electron chi connectivity index (χ1n) is 10.9. The van der Waals surface area contributed by atoms with Gasteiger partial charge >= 0.3 is 12.1 Å². The predicted octanol–water partition coefficient (Wildman–Crippen LogP) is 0.825. The highest BCUT2D eigenvalue weighted by Crippen LogP contribution is 2.40. The standard InChI is InChI=1S/C21H27N5O9S2/c1-9(2)33-21(30)35-10(3)34-19(29)15-11(6-31-4)7-36-18-14(17(28)26(15)18)24-16(27)13(25-32-5)12-8-37-20(22)23-12/h7-10,14-15,18H,6H2,1-5H3,(H2,22,23)(H,24,27). The summed E-state index contributed by atoms with van der Waals surface area (Å²) in [6.07, 6.45) is -2.70. The van der Waals surface area contributed by atoms with Crippen LogP contribution in [0.5, 0.6) is 0 Å². The van der Waals surface area contributed by atoms with Crippen molar-refractivity contribution in [1.29, 1.82) is 0 Å². The van der Waals surface area contributed by atoms with E-state index >= 15 is 0 Å². The molecule has 0 aliphatic carbocycles. The molecule has 0 saturated carbocycles. The molecule has 202 valence electrons. The van der Waals surface area contributed by atoms with E-state index in [2.05, 4.69) is 15.5 Å². The van der Waals surface area contributed by atoms with E-state index < -0.39 is 53.8 Å². The summed E-state index contributed by atoms with van der Waals surface area (Å²) < 4.78 is 20.2. The third kappa shape index (κ3) is 6.50. The highest BCUT2D eigenvalue weighted by molar-refractivity contribution is 8.03. The molecule has 4 unspecified atom stereocenters.